The molecule has 0 bridgehead atoms. The number of amides is 1. The number of para-hydroxylation sites is 1. The van der Waals surface area contributed by atoms with Gasteiger partial charge in [0, 0.05) is 13.1 Å². The summed E-state index contributed by atoms with van der Waals surface area (Å²) in [6.45, 7) is 5.23. The third-order valence-corrected chi connectivity index (χ3v) is 5.46. The van der Waals surface area contributed by atoms with Crippen molar-refractivity contribution in [3.05, 3.63) is 24.0 Å². The number of fused-ring (bicyclic) bond motifs is 1. The fourth-order valence-corrected chi connectivity index (χ4v) is 3.90. The minimum atomic E-state index is -0.369. The van der Waals surface area contributed by atoms with Gasteiger partial charge in [0.05, 0.1) is 6.54 Å². The van der Waals surface area contributed by atoms with Gasteiger partial charge in [-0.3, -0.25) is 4.90 Å². The molecule has 2 saturated heterocycles. The second kappa shape index (κ2) is 7.70. The monoisotopic (exact) mass is 364 g/mol. The summed E-state index contributed by atoms with van der Waals surface area (Å²) < 4.78 is 30.3. The second-order valence-corrected chi connectivity index (χ2v) is 7.25. The van der Waals surface area contributed by atoms with E-state index in [0.717, 1.165) is 45.4 Å². The first kappa shape index (κ1) is 17.4. The number of piperidine rings is 1. The predicted octanol–water partition coefficient (Wildman–Crippen LogP) is 2.52. The third kappa shape index (κ3) is 3.87. The van der Waals surface area contributed by atoms with E-state index in [1.165, 1.54) is 6.07 Å². The molecule has 0 spiro atoms. The van der Waals surface area contributed by atoms with Crippen molar-refractivity contribution in [2.24, 2.45) is 5.92 Å². The number of cyclic esters (lactones) is 1. The van der Waals surface area contributed by atoms with Crippen molar-refractivity contribution >= 4 is 6.09 Å². The molecule has 1 amide bonds. The maximum Gasteiger partial charge on any atom is 0.409 e. The molecule has 0 aliphatic carbocycles. The number of rotatable bonds is 5. The molecular formula is C19H25FN2O4. The van der Waals surface area contributed by atoms with Crippen LogP contribution in [-0.2, 0) is 4.74 Å². The van der Waals surface area contributed by atoms with Gasteiger partial charge in [0.2, 0.25) is 0 Å². The average Bonchev–Trinajstić information content (AvgIpc) is 3.07. The summed E-state index contributed by atoms with van der Waals surface area (Å²) in [6, 6.07) is 4.76. The van der Waals surface area contributed by atoms with E-state index in [1.54, 1.807) is 17.0 Å². The smallest absolute Gasteiger partial charge is 0.409 e. The number of hydrogen-bond donors (Lipinski definition) is 0. The van der Waals surface area contributed by atoms with Crippen LogP contribution in [0, 0.1) is 11.7 Å². The number of benzene rings is 1. The van der Waals surface area contributed by atoms with Gasteiger partial charge in [-0.15, -0.1) is 0 Å². The van der Waals surface area contributed by atoms with Crippen LogP contribution in [0.1, 0.15) is 19.3 Å². The zero-order chi connectivity index (χ0) is 17.9. The van der Waals surface area contributed by atoms with Crippen LogP contribution in [0.2, 0.25) is 0 Å². The third-order valence-electron chi connectivity index (χ3n) is 5.46. The molecule has 26 heavy (non-hydrogen) atoms. The number of carbonyl (C=O) groups is 1. The maximum atomic E-state index is 13.9. The van der Waals surface area contributed by atoms with Crippen LogP contribution in [0.15, 0.2) is 18.2 Å². The Morgan fingerprint density at radius 1 is 1.15 bits per heavy atom. The number of hydrogen-bond acceptors (Lipinski definition) is 5. The first-order chi connectivity index (χ1) is 12.7. The van der Waals surface area contributed by atoms with Crippen LogP contribution in [0.25, 0.3) is 0 Å². The van der Waals surface area contributed by atoms with Gasteiger partial charge in [-0.1, -0.05) is 6.07 Å². The average molecular weight is 364 g/mol. The highest BCUT2D eigenvalue weighted by molar-refractivity contribution is 5.69. The molecule has 3 aliphatic heterocycles. The van der Waals surface area contributed by atoms with Crippen molar-refractivity contribution in [2.75, 3.05) is 45.9 Å². The first-order valence-corrected chi connectivity index (χ1v) is 9.41. The van der Waals surface area contributed by atoms with Crippen molar-refractivity contribution in [1.29, 1.82) is 0 Å². The van der Waals surface area contributed by atoms with E-state index >= 15 is 0 Å². The Morgan fingerprint density at radius 2 is 2.00 bits per heavy atom. The Balaban J connectivity index is 1.21. The Kier molecular flexibility index (Phi) is 5.15. The van der Waals surface area contributed by atoms with E-state index in [1.807, 2.05) is 0 Å². The normalized spacial score (nSPS) is 24.0. The molecule has 0 aromatic heterocycles. The Morgan fingerprint density at radius 3 is 2.77 bits per heavy atom. The summed E-state index contributed by atoms with van der Waals surface area (Å²) in [4.78, 5) is 15.6. The number of halogens is 1. The minimum absolute atomic E-state index is 0.143. The Bertz CT molecular complexity index is 648. The van der Waals surface area contributed by atoms with Crippen molar-refractivity contribution in [1.82, 2.24) is 9.80 Å². The van der Waals surface area contributed by atoms with Gasteiger partial charge in [0.25, 0.3) is 0 Å². The highest BCUT2D eigenvalue weighted by Crippen LogP contribution is 2.34. The van der Waals surface area contributed by atoms with Gasteiger partial charge >= 0.3 is 6.09 Å². The van der Waals surface area contributed by atoms with Crippen LogP contribution in [0.4, 0.5) is 9.18 Å². The van der Waals surface area contributed by atoms with Crippen molar-refractivity contribution in [2.45, 2.75) is 25.4 Å². The molecule has 6 nitrogen and oxygen atoms in total. The summed E-state index contributed by atoms with van der Waals surface area (Å²) in [6.07, 6.45) is 2.94. The lowest BCUT2D eigenvalue weighted by Crippen LogP contribution is -2.44. The first-order valence-electron chi connectivity index (χ1n) is 9.41. The van der Waals surface area contributed by atoms with E-state index in [4.69, 9.17) is 14.2 Å². The molecule has 2 fully saturated rings. The topological polar surface area (TPSA) is 51.2 Å². The molecular weight excluding hydrogens is 339 g/mol. The summed E-state index contributed by atoms with van der Waals surface area (Å²) in [5, 5.41) is 0. The fraction of sp³-hybridized carbons (Fsp3) is 0.632. The molecule has 0 radical (unpaired) electrons. The van der Waals surface area contributed by atoms with Crippen LogP contribution in [0.5, 0.6) is 11.5 Å². The molecule has 1 aromatic carbocycles. The van der Waals surface area contributed by atoms with Crippen molar-refractivity contribution in [3.63, 3.8) is 0 Å². The van der Waals surface area contributed by atoms with Gasteiger partial charge in [-0.2, -0.15) is 0 Å². The number of likely N-dealkylation sites (tertiary alicyclic amines) is 1. The predicted molar refractivity (Wildman–Crippen MR) is 93.0 cm³/mol. The molecule has 0 saturated carbocycles. The molecule has 3 heterocycles. The lowest BCUT2D eigenvalue weighted by atomic mass is 9.93. The Hall–Kier alpha value is -2.02. The Labute approximate surface area is 152 Å². The molecule has 142 valence electrons. The number of ether oxygens (including phenoxy) is 3. The van der Waals surface area contributed by atoms with Gasteiger partial charge in [0.15, 0.2) is 17.3 Å². The highest BCUT2D eigenvalue weighted by atomic mass is 19.1. The molecule has 3 aliphatic rings. The van der Waals surface area contributed by atoms with Crippen molar-refractivity contribution < 1.29 is 23.4 Å². The van der Waals surface area contributed by atoms with E-state index < -0.39 is 0 Å². The second-order valence-electron chi connectivity index (χ2n) is 7.25. The summed E-state index contributed by atoms with van der Waals surface area (Å²) in [5.41, 5.74) is 0. The minimum Gasteiger partial charge on any atom is -0.486 e. The molecule has 1 atom stereocenters. The number of nitrogens with zero attached hydrogens (tertiary/aromatic N) is 2. The molecule has 1 aromatic rings. The summed E-state index contributed by atoms with van der Waals surface area (Å²) in [7, 11) is 0. The lowest BCUT2D eigenvalue weighted by Gasteiger charge is -2.36. The van der Waals surface area contributed by atoms with Crippen LogP contribution in [-0.4, -0.2) is 67.9 Å². The molecule has 1 unspecified atom stereocenters. The maximum absolute atomic E-state index is 13.9. The van der Waals surface area contributed by atoms with Gasteiger partial charge in [-0.05, 0) is 50.4 Å². The molecule has 0 N–H and O–H groups in total. The van der Waals surface area contributed by atoms with E-state index in [2.05, 4.69) is 4.90 Å². The largest absolute Gasteiger partial charge is 0.486 e. The zero-order valence-corrected chi connectivity index (χ0v) is 14.9. The lowest BCUT2D eigenvalue weighted by molar-refractivity contribution is 0.0434. The molecule has 4 rings (SSSR count). The molecule has 7 heteroatoms. The van der Waals surface area contributed by atoms with E-state index in [-0.39, 0.29) is 23.8 Å². The summed E-state index contributed by atoms with van der Waals surface area (Å²) >= 11 is 0. The van der Waals surface area contributed by atoms with Gasteiger partial charge in [-0.25, -0.2) is 9.18 Å². The highest BCUT2D eigenvalue weighted by Gasteiger charge is 2.28. The quantitative estimate of drug-likeness (QED) is 0.804. The SMILES string of the molecule is O=C1OCCN1CCC1CCN(CC2COc3cccc(F)c3O2)CC1. The number of carbonyl (C=O) groups excluding carboxylic acids is 1. The fourth-order valence-electron chi connectivity index (χ4n) is 3.90. The van der Waals surface area contributed by atoms with E-state index in [9.17, 15) is 9.18 Å². The van der Waals surface area contributed by atoms with E-state index in [0.29, 0.717) is 31.4 Å². The standard InChI is InChI=1S/C19H25FN2O4/c20-16-2-1-3-17-18(16)26-15(13-25-17)12-21-7-4-14(5-8-21)6-9-22-10-11-24-19(22)23/h1-3,14-15H,4-13H2. The van der Waals surface area contributed by atoms with Crippen molar-refractivity contribution in [3.8, 4) is 11.5 Å². The van der Waals surface area contributed by atoms with Crippen LogP contribution < -0.4 is 9.47 Å². The zero-order valence-electron chi connectivity index (χ0n) is 14.9. The van der Waals surface area contributed by atoms with Crippen LogP contribution in [0.3, 0.4) is 0 Å². The van der Waals surface area contributed by atoms with Gasteiger partial charge in [0.1, 0.15) is 19.3 Å². The van der Waals surface area contributed by atoms with Crippen LogP contribution >= 0.6 is 0 Å². The summed E-state index contributed by atoms with van der Waals surface area (Å²) in [5.74, 6) is 0.990. The van der Waals surface area contributed by atoms with Gasteiger partial charge < -0.3 is 19.1 Å².